The molecule has 18 heavy (non-hydrogen) atoms. The molecule has 0 bridgehead atoms. The second kappa shape index (κ2) is 7.30. The first kappa shape index (κ1) is 14.1. The van der Waals surface area contributed by atoms with E-state index in [1.165, 1.54) is 64.2 Å². The van der Waals surface area contributed by atoms with Gasteiger partial charge >= 0.3 is 0 Å². The third-order valence-electron chi connectivity index (χ3n) is 4.96. The summed E-state index contributed by atoms with van der Waals surface area (Å²) in [6.07, 6.45) is 16.1. The zero-order valence-corrected chi connectivity index (χ0v) is 12.0. The van der Waals surface area contributed by atoms with Crippen LogP contribution in [-0.4, -0.2) is 6.04 Å². The van der Waals surface area contributed by atoms with Gasteiger partial charge < -0.3 is 0 Å². The van der Waals surface area contributed by atoms with E-state index in [2.05, 4.69) is 18.4 Å². The van der Waals surface area contributed by atoms with Crippen LogP contribution >= 0.6 is 0 Å². The van der Waals surface area contributed by atoms with Crippen LogP contribution in [0.2, 0.25) is 0 Å². The number of hydrogen-bond acceptors (Lipinski definition) is 2. The van der Waals surface area contributed by atoms with Crippen molar-refractivity contribution in [3.63, 3.8) is 0 Å². The van der Waals surface area contributed by atoms with Gasteiger partial charge in [0.05, 0.1) is 0 Å². The van der Waals surface area contributed by atoms with E-state index in [9.17, 15) is 0 Å². The Morgan fingerprint density at radius 3 is 2.61 bits per heavy atom. The fourth-order valence-electron chi connectivity index (χ4n) is 3.91. The fraction of sp³-hybridized carbons (Fsp3) is 0.875. The lowest BCUT2D eigenvalue weighted by Crippen LogP contribution is -2.43. The summed E-state index contributed by atoms with van der Waals surface area (Å²) in [4.78, 5) is 0. The van der Waals surface area contributed by atoms with Crippen LogP contribution in [0, 0.1) is 11.8 Å². The van der Waals surface area contributed by atoms with Crippen molar-refractivity contribution in [1.29, 1.82) is 0 Å². The number of rotatable bonds is 5. The Bertz CT molecular complexity index is 264. The molecule has 1 unspecified atom stereocenters. The van der Waals surface area contributed by atoms with Gasteiger partial charge in [-0.2, -0.15) is 0 Å². The zero-order valence-electron chi connectivity index (χ0n) is 12.0. The number of nitrogens with one attached hydrogen (secondary N) is 1. The van der Waals surface area contributed by atoms with E-state index in [0.717, 1.165) is 11.8 Å². The van der Waals surface area contributed by atoms with Gasteiger partial charge in [0.1, 0.15) is 0 Å². The highest BCUT2D eigenvalue weighted by atomic mass is 15.2. The molecule has 2 aliphatic carbocycles. The van der Waals surface area contributed by atoms with E-state index in [1.54, 1.807) is 5.57 Å². The molecule has 2 heteroatoms. The first-order chi connectivity index (χ1) is 8.85. The molecule has 3 N–H and O–H groups in total. The molecule has 0 aromatic carbocycles. The second-order valence-electron chi connectivity index (χ2n) is 6.24. The number of allylic oxidation sites excluding steroid dienone is 1. The third kappa shape index (κ3) is 3.58. The van der Waals surface area contributed by atoms with Gasteiger partial charge in [-0.3, -0.25) is 11.3 Å². The van der Waals surface area contributed by atoms with Crippen molar-refractivity contribution in [1.82, 2.24) is 5.43 Å². The normalized spacial score (nSPS) is 30.9. The smallest absolute Gasteiger partial charge is 0.0447 e. The van der Waals surface area contributed by atoms with Crippen LogP contribution in [0.25, 0.3) is 0 Å². The molecule has 0 heterocycles. The first-order valence-corrected chi connectivity index (χ1v) is 8.00. The molecule has 0 aromatic rings. The van der Waals surface area contributed by atoms with Crippen molar-refractivity contribution in [3.05, 3.63) is 11.6 Å². The van der Waals surface area contributed by atoms with Crippen molar-refractivity contribution >= 4 is 0 Å². The SMILES string of the molecule is CCCC1CCC(C(NN)C2=CCCCC2)CC1. The summed E-state index contributed by atoms with van der Waals surface area (Å²) in [5.41, 5.74) is 4.72. The molecule has 0 saturated heterocycles. The molecule has 0 spiro atoms. The minimum Gasteiger partial charge on any atom is -0.271 e. The van der Waals surface area contributed by atoms with E-state index in [1.807, 2.05) is 0 Å². The summed E-state index contributed by atoms with van der Waals surface area (Å²) < 4.78 is 0. The standard InChI is InChI=1S/C16H30N2/c1-2-6-13-9-11-15(12-10-13)16(18-17)14-7-4-3-5-8-14/h7,13,15-16,18H,2-6,8-12,17H2,1H3. The summed E-state index contributed by atoms with van der Waals surface area (Å²) >= 11 is 0. The van der Waals surface area contributed by atoms with E-state index in [-0.39, 0.29) is 0 Å². The fourth-order valence-corrected chi connectivity index (χ4v) is 3.91. The van der Waals surface area contributed by atoms with E-state index in [0.29, 0.717) is 6.04 Å². The first-order valence-electron chi connectivity index (χ1n) is 8.00. The molecule has 1 atom stereocenters. The monoisotopic (exact) mass is 250 g/mol. The molecule has 0 amide bonds. The summed E-state index contributed by atoms with van der Waals surface area (Å²) in [7, 11) is 0. The summed E-state index contributed by atoms with van der Waals surface area (Å²) in [6.45, 7) is 2.31. The largest absolute Gasteiger partial charge is 0.271 e. The van der Waals surface area contributed by atoms with Crippen LogP contribution < -0.4 is 11.3 Å². The lowest BCUT2D eigenvalue weighted by molar-refractivity contribution is 0.225. The van der Waals surface area contributed by atoms with Crippen molar-refractivity contribution in [2.45, 2.75) is 77.2 Å². The molecular weight excluding hydrogens is 220 g/mol. The molecule has 2 aliphatic rings. The second-order valence-corrected chi connectivity index (χ2v) is 6.24. The lowest BCUT2D eigenvalue weighted by Gasteiger charge is -2.35. The Morgan fingerprint density at radius 2 is 2.06 bits per heavy atom. The van der Waals surface area contributed by atoms with Crippen LogP contribution in [0.1, 0.15) is 71.1 Å². The maximum Gasteiger partial charge on any atom is 0.0447 e. The predicted molar refractivity (Wildman–Crippen MR) is 78.0 cm³/mol. The van der Waals surface area contributed by atoms with E-state index < -0.39 is 0 Å². The molecule has 0 radical (unpaired) electrons. The van der Waals surface area contributed by atoms with Gasteiger partial charge in [-0.15, -0.1) is 0 Å². The minimum atomic E-state index is 0.466. The lowest BCUT2D eigenvalue weighted by atomic mass is 9.74. The van der Waals surface area contributed by atoms with Crippen molar-refractivity contribution in [2.24, 2.45) is 17.7 Å². The van der Waals surface area contributed by atoms with Gasteiger partial charge in [0.2, 0.25) is 0 Å². The maximum absolute atomic E-state index is 5.84. The van der Waals surface area contributed by atoms with Crippen LogP contribution in [0.15, 0.2) is 11.6 Å². The van der Waals surface area contributed by atoms with Crippen molar-refractivity contribution in [3.8, 4) is 0 Å². The molecule has 0 aromatic heterocycles. The minimum absolute atomic E-state index is 0.466. The quantitative estimate of drug-likeness (QED) is 0.441. The average molecular weight is 250 g/mol. The van der Waals surface area contributed by atoms with Crippen LogP contribution in [0.4, 0.5) is 0 Å². The topological polar surface area (TPSA) is 38.0 Å². The molecule has 1 saturated carbocycles. The van der Waals surface area contributed by atoms with Gasteiger partial charge in [0.25, 0.3) is 0 Å². The summed E-state index contributed by atoms with van der Waals surface area (Å²) in [5.74, 6) is 7.61. The number of hydrazine groups is 1. The Kier molecular flexibility index (Phi) is 5.71. The van der Waals surface area contributed by atoms with Gasteiger partial charge in [0.15, 0.2) is 0 Å². The highest BCUT2D eigenvalue weighted by Crippen LogP contribution is 2.36. The molecule has 2 rings (SSSR count). The van der Waals surface area contributed by atoms with E-state index in [4.69, 9.17) is 5.84 Å². The molecule has 104 valence electrons. The van der Waals surface area contributed by atoms with Crippen molar-refractivity contribution < 1.29 is 0 Å². The molecule has 0 aliphatic heterocycles. The average Bonchev–Trinajstić information content (AvgIpc) is 2.43. The predicted octanol–water partition coefficient (Wildman–Crippen LogP) is 3.93. The van der Waals surface area contributed by atoms with Gasteiger partial charge in [-0.25, -0.2) is 0 Å². The van der Waals surface area contributed by atoms with E-state index >= 15 is 0 Å². The highest BCUT2D eigenvalue weighted by molar-refractivity contribution is 5.14. The zero-order chi connectivity index (χ0) is 12.8. The van der Waals surface area contributed by atoms with Gasteiger partial charge in [-0.05, 0) is 50.4 Å². The molecular formula is C16H30N2. The van der Waals surface area contributed by atoms with Gasteiger partial charge in [0, 0.05) is 6.04 Å². The summed E-state index contributed by atoms with van der Waals surface area (Å²) in [5, 5.41) is 0. The molecule has 2 nitrogen and oxygen atoms in total. The Balaban J connectivity index is 1.87. The summed E-state index contributed by atoms with van der Waals surface area (Å²) in [6, 6.07) is 0.466. The van der Waals surface area contributed by atoms with Gasteiger partial charge in [-0.1, -0.05) is 44.3 Å². The van der Waals surface area contributed by atoms with Crippen molar-refractivity contribution in [2.75, 3.05) is 0 Å². The third-order valence-corrected chi connectivity index (χ3v) is 4.96. The Hall–Kier alpha value is -0.340. The molecule has 1 fully saturated rings. The Morgan fingerprint density at radius 1 is 1.28 bits per heavy atom. The number of nitrogens with two attached hydrogens (primary N) is 1. The highest BCUT2D eigenvalue weighted by Gasteiger charge is 2.29. The van der Waals surface area contributed by atoms with Crippen LogP contribution in [0.3, 0.4) is 0 Å². The van der Waals surface area contributed by atoms with Crippen LogP contribution in [0.5, 0.6) is 0 Å². The maximum atomic E-state index is 5.84. The number of hydrogen-bond donors (Lipinski definition) is 2. The van der Waals surface area contributed by atoms with Crippen LogP contribution in [-0.2, 0) is 0 Å². The Labute approximate surface area is 112 Å².